The van der Waals surface area contributed by atoms with Crippen LogP contribution in [0.3, 0.4) is 0 Å². The average Bonchev–Trinajstić information content (AvgIpc) is 3.11. The number of hydrogen-bond donors (Lipinski definition) is 0. The van der Waals surface area contributed by atoms with E-state index in [1.165, 1.54) is 11.9 Å². The second kappa shape index (κ2) is 10.5. The van der Waals surface area contributed by atoms with E-state index in [0.29, 0.717) is 35.5 Å². The van der Waals surface area contributed by atoms with E-state index in [1.807, 2.05) is 20.8 Å². The first-order valence-electron chi connectivity index (χ1n) is 10.3. The van der Waals surface area contributed by atoms with Crippen LogP contribution in [0.1, 0.15) is 53.5 Å². The fourth-order valence-electron chi connectivity index (χ4n) is 3.00. The summed E-state index contributed by atoms with van der Waals surface area (Å²) in [5.74, 6) is 0.615. The van der Waals surface area contributed by atoms with Gasteiger partial charge in [0.2, 0.25) is 0 Å². The van der Waals surface area contributed by atoms with Crippen LogP contribution in [0.25, 0.3) is 0 Å². The van der Waals surface area contributed by atoms with Gasteiger partial charge in [0, 0.05) is 35.4 Å². The molecule has 1 atom stereocenters. The molecule has 0 radical (unpaired) electrons. The molecule has 8 heteroatoms. The predicted molar refractivity (Wildman–Crippen MR) is 132 cm³/mol. The molecule has 0 N–H and O–H groups in total. The van der Waals surface area contributed by atoms with Crippen LogP contribution in [0.4, 0.5) is 4.79 Å². The number of ether oxygens (including phenoxy) is 2. The summed E-state index contributed by atoms with van der Waals surface area (Å²) >= 11 is 14.1. The van der Waals surface area contributed by atoms with Crippen LogP contribution in [0.2, 0.25) is 10.0 Å². The first-order chi connectivity index (χ1) is 14.3. The summed E-state index contributed by atoms with van der Waals surface area (Å²) in [4.78, 5) is 14.3. The molecule has 0 spiro atoms. The minimum Gasteiger partial charge on any atom is -0.489 e. The van der Waals surface area contributed by atoms with Crippen molar-refractivity contribution in [2.45, 2.75) is 58.3 Å². The van der Waals surface area contributed by atoms with E-state index < -0.39 is 5.60 Å². The van der Waals surface area contributed by atoms with E-state index in [1.54, 1.807) is 23.1 Å². The lowest BCUT2D eigenvalue weighted by Crippen LogP contribution is -2.36. The van der Waals surface area contributed by atoms with Crippen molar-refractivity contribution in [3.8, 4) is 5.75 Å². The van der Waals surface area contributed by atoms with E-state index in [9.17, 15) is 4.79 Å². The van der Waals surface area contributed by atoms with Crippen LogP contribution < -0.4 is 4.74 Å². The van der Waals surface area contributed by atoms with Crippen molar-refractivity contribution in [1.82, 2.24) is 4.90 Å². The van der Waals surface area contributed by atoms with Gasteiger partial charge in [-0.1, -0.05) is 35.9 Å². The monoisotopic (exact) mass is 486 g/mol. The summed E-state index contributed by atoms with van der Waals surface area (Å²) in [6.45, 7) is 17.1. The minimum absolute atomic E-state index is 0.0192. The lowest BCUT2D eigenvalue weighted by atomic mass is 9.95. The molecule has 0 saturated carbocycles. The Morgan fingerprint density at radius 1 is 1.26 bits per heavy atom. The lowest BCUT2D eigenvalue weighted by Gasteiger charge is -2.25. The van der Waals surface area contributed by atoms with Gasteiger partial charge in [-0.3, -0.25) is 0 Å². The topological polar surface area (TPSA) is 51.1 Å². The number of hydrogen-bond acceptors (Lipinski definition) is 5. The van der Waals surface area contributed by atoms with Gasteiger partial charge in [-0.15, -0.1) is 0 Å². The van der Waals surface area contributed by atoms with Crippen LogP contribution in [0.5, 0.6) is 5.75 Å². The maximum atomic E-state index is 12.6. The fourth-order valence-corrected chi connectivity index (χ4v) is 3.94. The zero-order valence-corrected chi connectivity index (χ0v) is 21.5. The van der Waals surface area contributed by atoms with Crippen molar-refractivity contribution in [1.29, 1.82) is 0 Å². The van der Waals surface area contributed by atoms with Gasteiger partial charge in [0.05, 0.1) is 15.8 Å². The third kappa shape index (κ3) is 7.92. The molecule has 1 saturated heterocycles. The second-order valence-electron chi connectivity index (χ2n) is 9.45. The van der Waals surface area contributed by atoms with Gasteiger partial charge in [0.25, 0.3) is 0 Å². The highest BCUT2D eigenvalue weighted by Gasteiger charge is 2.34. The molecule has 1 amide bonds. The molecule has 1 fully saturated rings. The van der Waals surface area contributed by atoms with E-state index in [-0.39, 0.29) is 16.8 Å². The van der Waals surface area contributed by atoms with Crippen molar-refractivity contribution in [3.05, 3.63) is 40.4 Å². The Hall–Kier alpha value is -1.37. The molecule has 31 heavy (non-hydrogen) atoms. The van der Waals surface area contributed by atoms with E-state index in [4.69, 9.17) is 37.1 Å². The Balaban J connectivity index is 2.41. The lowest BCUT2D eigenvalue weighted by molar-refractivity contribution is 0.0292. The largest absolute Gasteiger partial charge is 0.489 e. The van der Waals surface area contributed by atoms with Crippen LogP contribution in [-0.2, 0) is 4.74 Å². The van der Waals surface area contributed by atoms with E-state index in [0.717, 1.165) is 17.7 Å². The highest BCUT2D eigenvalue weighted by atomic mass is 35.5. The van der Waals surface area contributed by atoms with Crippen LogP contribution in [-0.4, -0.2) is 46.7 Å². The van der Waals surface area contributed by atoms with Crippen molar-refractivity contribution < 1.29 is 14.3 Å². The summed E-state index contributed by atoms with van der Waals surface area (Å²) in [6, 6.07) is 3.50. The fraction of sp³-hybridized carbons (Fsp3) is 0.565. The van der Waals surface area contributed by atoms with Crippen molar-refractivity contribution in [3.63, 3.8) is 0 Å². The molecule has 172 valence electrons. The summed E-state index contributed by atoms with van der Waals surface area (Å²) in [5.41, 5.74) is 1.08. The third-order valence-electron chi connectivity index (χ3n) is 4.30. The number of rotatable bonds is 6. The van der Waals surface area contributed by atoms with E-state index >= 15 is 0 Å². The molecule has 1 heterocycles. The summed E-state index contributed by atoms with van der Waals surface area (Å²) in [6.07, 6.45) is 2.13. The minimum atomic E-state index is -0.538. The average molecular weight is 487 g/mol. The van der Waals surface area contributed by atoms with Gasteiger partial charge in [0.15, 0.2) is 0 Å². The summed E-state index contributed by atoms with van der Waals surface area (Å²) < 4.78 is 16.3. The first-order valence-corrected chi connectivity index (χ1v) is 11.8. The van der Waals surface area contributed by atoms with Crippen molar-refractivity contribution >= 4 is 47.0 Å². The van der Waals surface area contributed by atoms with Gasteiger partial charge in [-0.05, 0) is 66.0 Å². The maximum absolute atomic E-state index is 12.6. The molecule has 1 aromatic rings. The number of likely N-dealkylation sites (tertiary alicyclic amines) is 1. The number of halogens is 2. The van der Waals surface area contributed by atoms with Gasteiger partial charge in [-0.25, -0.2) is 9.19 Å². The molecule has 1 unspecified atom stereocenters. The van der Waals surface area contributed by atoms with Crippen molar-refractivity contribution in [2.24, 2.45) is 10.3 Å². The Morgan fingerprint density at radius 3 is 2.48 bits per heavy atom. The van der Waals surface area contributed by atoms with Gasteiger partial charge >= 0.3 is 6.09 Å². The predicted octanol–water partition coefficient (Wildman–Crippen LogP) is 7.05. The highest BCUT2D eigenvalue weighted by molar-refractivity contribution is 7.99. The zero-order chi connectivity index (χ0) is 23.4. The number of carbonyl (C=O) groups excluding carboxylic acids is 1. The van der Waals surface area contributed by atoms with E-state index in [2.05, 4.69) is 27.4 Å². The molecule has 1 aromatic carbocycles. The standard InChI is InChI=1S/C23H32Cl2N2O3S/c1-8-11-29-19-13-18(25)17(24)12-16(19)20(26-31-23(5,6)7)15-9-10-27(14-15)21(28)30-22(2,3)4/h8,12-13,15H,1,9-11,14H2,2-7H3/b26-20+. The SMILES string of the molecule is C=CCOc1cc(Cl)c(Cl)cc1/C(=N/SC(C)(C)C)C1CCN(C(=O)OC(C)(C)C)C1. The second-order valence-corrected chi connectivity index (χ2v) is 11.9. The first kappa shape index (κ1) is 25.9. The number of nitrogens with zero attached hydrogens (tertiary/aromatic N) is 2. The quantitative estimate of drug-likeness (QED) is 0.245. The Kier molecular flexibility index (Phi) is 8.77. The highest BCUT2D eigenvalue weighted by Crippen LogP contribution is 2.36. The maximum Gasteiger partial charge on any atom is 0.410 e. The summed E-state index contributed by atoms with van der Waals surface area (Å²) in [7, 11) is 0. The molecular formula is C23H32Cl2N2O3S. The number of carbonyl (C=O) groups is 1. The number of amides is 1. The Bertz CT molecular complexity index is 844. The molecule has 0 bridgehead atoms. The molecule has 2 rings (SSSR count). The zero-order valence-electron chi connectivity index (χ0n) is 19.1. The summed E-state index contributed by atoms with van der Waals surface area (Å²) in [5, 5.41) is 0.840. The Labute approximate surface area is 200 Å². The number of benzene rings is 1. The van der Waals surface area contributed by atoms with Crippen LogP contribution >= 0.6 is 35.1 Å². The Morgan fingerprint density at radius 2 is 1.90 bits per heavy atom. The molecule has 1 aliphatic heterocycles. The van der Waals surface area contributed by atoms with Crippen molar-refractivity contribution in [2.75, 3.05) is 19.7 Å². The van der Waals surface area contributed by atoms with Crippen LogP contribution in [0, 0.1) is 5.92 Å². The molecule has 0 aliphatic carbocycles. The van der Waals surface area contributed by atoms with Crippen LogP contribution in [0.15, 0.2) is 29.2 Å². The molecule has 5 nitrogen and oxygen atoms in total. The third-order valence-corrected chi connectivity index (χ3v) is 5.86. The van der Waals surface area contributed by atoms with Gasteiger partial charge < -0.3 is 14.4 Å². The molecular weight excluding hydrogens is 455 g/mol. The van der Waals surface area contributed by atoms with Gasteiger partial charge in [0.1, 0.15) is 18.0 Å². The molecule has 0 aromatic heterocycles. The van der Waals surface area contributed by atoms with Gasteiger partial charge in [-0.2, -0.15) is 0 Å². The molecule has 1 aliphatic rings. The smallest absolute Gasteiger partial charge is 0.410 e. The normalized spacial score (nSPS) is 17.6.